The number of sulfonamides is 1. The predicted molar refractivity (Wildman–Crippen MR) is 172 cm³/mol. The Labute approximate surface area is 279 Å². The lowest BCUT2D eigenvalue weighted by Gasteiger charge is -2.34. The van der Waals surface area contributed by atoms with Gasteiger partial charge in [0.1, 0.15) is 12.6 Å². The second kappa shape index (κ2) is 14.8. The Morgan fingerprint density at radius 2 is 1.41 bits per heavy atom. The number of nitrogens with zero attached hydrogens (tertiary/aromatic N) is 2. The minimum absolute atomic E-state index is 0.0128. The van der Waals surface area contributed by atoms with E-state index in [1.165, 1.54) is 43.4 Å². The van der Waals surface area contributed by atoms with Crippen molar-refractivity contribution in [3.05, 3.63) is 129 Å². The van der Waals surface area contributed by atoms with E-state index in [1.54, 1.807) is 42.5 Å². The van der Waals surface area contributed by atoms with Crippen LogP contribution in [0, 0.1) is 0 Å². The van der Waals surface area contributed by atoms with Gasteiger partial charge in [-0.1, -0.05) is 89.4 Å². The van der Waals surface area contributed by atoms with Crippen LogP contribution in [0.25, 0.3) is 0 Å². The van der Waals surface area contributed by atoms with E-state index in [2.05, 4.69) is 5.32 Å². The van der Waals surface area contributed by atoms with Gasteiger partial charge in [0.25, 0.3) is 10.0 Å². The number of carbonyl (C=O) groups excluding carboxylic acids is 2. The number of nitrogens with one attached hydrogen (secondary N) is 1. The summed E-state index contributed by atoms with van der Waals surface area (Å²) in [5, 5.41) is 2.25. The van der Waals surface area contributed by atoms with Crippen molar-refractivity contribution in [2.45, 2.75) is 30.1 Å². The molecule has 0 unspecified atom stereocenters. The van der Waals surface area contributed by atoms with Crippen LogP contribution in [0.15, 0.2) is 102 Å². The monoisotopic (exact) mass is 711 g/mol. The number of anilines is 1. The molecule has 4 rings (SSSR count). The molecule has 4 aromatic carbocycles. The maximum Gasteiger partial charge on any atom is 0.417 e. The summed E-state index contributed by atoms with van der Waals surface area (Å²) in [6, 6.07) is 21.7. The molecule has 0 bridgehead atoms. The normalized spacial score (nSPS) is 12.3. The number of amides is 2. The number of carbonyl (C=O) groups is 2. The number of benzene rings is 4. The second-order valence-corrected chi connectivity index (χ2v) is 13.1. The smallest absolute Gasteiger partial charge is 0.357 e. The maximum absolute atomic E-state index is 14.3. The highest BCUT2D eigenvalue weighted by Crippen LogP contribution is 2.38. The first-order valence-electron chi connectivity index (χ1n) is 13.7. The van der Waals surface area contributed by atoms with Gasteiger partial charge in [-0.05, 0) is 48.0 Å². The van der Waals surface area contributed by atoms with E-state index in [0.29, 0.717) is 15.9 Å². The largest absolute Gasteiger partial charge is 0.417 e. The zero-order valence-electron chi connectivity index (χ0n) is 24.1. The zero-order chi connectivity index (χ0) is 33.6. The topological polar surface area (TPSA) is 86.8 Å². The third kappa shape index (κ3) is 8.14. The van der Waals surface area contributed by atoms with Gasteiger partial charge in [0.05, 0.1) is 21.2 Å². The van der Waals surface area contributed by atoms with Crippen molar-refractivity contribution in [1.82, 2.24) is 10.2 Å². The Morgan fingerprint density at radius 1 is 0.826 bits per heavy atom. The Hall–Kier alpha value is -3.77. The van der Waals surface area contributed by atoms with Gasteiger partial charge in [-0.2, -0.15) is 13.2 Å². The summed E-state index contributed by atoms with van der Waals surface area (Å²) in [5.41, 5.74) is -0.798. The number of likely N-dealkylation sites (N-methyl/N-ethyl adjacent to an activating group) is 1. The van der Waals surface area contributed by atoms with E-state index in [9.17, 15) is 31.2 Å². The van der Waals surface area contributed by atoms with Crippen molar-refractivity contribution in [1.29, 1.82) is 0 Å². The third-order valence-corrected chi connectivity index (χ3v) is 9.89. The molecule has 2 amide bonds. The summed E-state index contributed by atoms with van der Waals surface area (Å²) in [5.74, 6) is -1.49. The van der Waals surface area contributed by atoms with Crippen LogP contribution in [0.3, 0.4) is 0 Å². The molecule has 0 aliphatic carbocycles. The molecule has 4 aromatic rings. The first-order chi connectivity index (χ1) is 21.7. The van der Waals surface area contributed by atoms with Crippen LogP contribution in [0.2, 0.25) is 15.1 Å². The molecule has 0 aliphatic heterocycles. The molecule has 0 aromatic heterocycles. The standard InChI is InChI=1S/C32H27Cl3F3N3O4S/c1-39-31(43)29(17-21-9-4-2-5-10-21)40(19-24-26(33)13-8-14-27(24)34)30(42)20-41(46(44,45)23-11-6-3-7-12-23)22-15-16-28(35)25(18-22)32(36,37)38/h2-16,18,29H,17,19-20H2,1H3,(H,39,43)/t29-/m0/s1. The van der Waals surface area contributed by atoms with Gasteiger partial charge < -0.3 is 10.2 Å². The highest BCUT2D eigenvalue weighted by Gasteiger charge is 2.37. The minimum atomic E-state index is -4.92. The molecule has 0 spiro atoms. The summed E-state index contributed by atoms with van der Waals surface area (Å²) in [6.45, 7) is -1.31. The quantitative estimate of drug-likeness (QED) is 0.178. The van der Waals surface area contributed by atoms with Crippen LogP contribution >= 0.6 is 34.8 Å². The Balaban J connectivity index is 1.87. The Kier molecular flexibility index (Phi) is 11.3. The summed E-state index contributed by atoms with van der Waals surface area (Å²) in [7, 11) is -3.26. The maximum atomic E-state index is 14.3. The van der Waals surface area contributed by atoms with Crippen LogP contribution < -0.4 is 9.62 Å². The molecule has 1 atom stereocenters. The van der Waals surface area contributed by atoms with E-state index in [1.807, 2.05) is 0 Å². The van der Waals surface area contributed by atoms with E-state index < -0.39 is 56.9 Å². The van der Waals surface area contributed by atoms with Gasteiger partial charge >= 0.3 is 6.18 Å². The minimum Gasteiger partial charge on any atom is -0.357 e. The van der Waals surface area contributed by atoms with Crippen molar-refractivity contribution in [3.8, 4) is 0 Å². The van der Waals surface area contributed by atoms with Crippen LogP contribution in [0.4, 0.5) is 18.9 Å². The number of hydrogen-bond donors (Lipinski definition) is 1. The average Bonchev–Trinajstić information content (AvgIpc) is 3.03. The zero-order valence-corrected chi connectivity index (χ0v) is 27.2. The first-order valence-corrected chi connectivity index (χ1v) is 16.2. The lowest BCUT2D eigenvalue weighted by atomic mass is 10.0. The molecule has 14 heteroatoms. The summed E-state index contributed by atoms with van der Waals surface area (Å²) >= 11 is 18.7. The van der Waals surface area contributed by atoms with Crippen LogP contribution in [-0.4, -0.2) is 44.8 Å². The Bertz CT molecular complexity index is 1790. The number of halogens is 6. The number of hydrogen-bond acceptors (Lipinski definition) is 4. The van der Waals surface area contributed by atoms with E-state index in [0.717, 1.165) is 17.0 Å². The molecular weight excluding hydrogens is 686 g/mol. The SMILES string of the molecule is CNC(=O)[C@H](Cc1ccccc1)N(Cc1c(Cl)cccc1Cl)C(=O)CN(c1ccc(Cl)c(C(F)(F)F)c1)S(=O)(=O)c1ccccc1. The molecular formula is C32H27Cl3F3N3O4S. The first kappa shape index (κ1) is 35.1. The molecule has 242 valence electrons. The lowest BCUT2D eigenvalue weighted by molar-refractivity contribution is -0.139. The highest BCUT2D eigenvalue weighted by molar-refractivity contribution is 7.92. The van der Waals surface area contributed by atoms with E-state index in [4.69, 9.17) is 34.8 Å². The van der Waals surface area contributed by atoms with Crippen LogP contribution in [0.1, 0.15) is 16.7 Å². The Morgan fingerprint density at radius 3 is 1.98 bits per heavy atom. The van der Waals surface area contributed by atoms with Gasteiger partial charge in [0.15, 0.2) is 0 Å². The molecule has 0 radical (unpaired) electrons. The third-order valence-electron chi connectivity index (χ3n) is 7.06. The van der Waals surface area contributed by atoms with Gasteiger partial charge in [-0.25, -0.2) is 8.42 Å². The molecule has 0 saturated carbocycles. The van der Waals surface area contributed by atoms with Gasteiger partial charge in [0.2, 0.25) is 11.8 Å². The van der Waals surface area contributed by atoms with Crippen molar-refractivity contribution in [2.24, 2.45) is 0 Å². The summed E-state index contributed by atoms with van der Waals surface area (Å²) in [6.07, 6.45) is -4.91. The summed E-state index contributed by atoms with van der Waals surface area (Å²) < 4.78 is 70.1. The molecule has 7 nitrogen and oxygen atoms in total. The highest BCUT2D eigenvalue weighted by atomic mass is 35.5. The van der Waals surface area contributed by atoms with Crippen molar-refractivity contribution < 1.29 is 31.2 Å². The molecule has 0 heterocycles. The van der Waals surface area contributed by atoms with Crippen molar-refractivity contribution in [3.63, 3.8) is 0 Å². The predicted octanol–water partition coefficient (Wildman–Crippen LogP) is 7.25. The molecule has 0 aliphatic rings. The fourth-order valence-electron chi connectivity index (χ4n) is 4.71. The van der Waals surface area contributed by atoms with E-state index >= 15 is 0 Å². The average molecular weight is 713 g/mol. The van der Waals surface area contributed by atoms with Crippen molar-refractivity contribution >= 4 is 62.3 Å². The lowest BCUT2D eigenvalue weighted by Crippen LogP contribution is -2.53. The molecule has 46 heavy (non-hydrogen) atoms. The van der Waals surface area contributed by atoms with Gasteiger partial charge in [-0.15, -0.1) is 0 Å². The fraction of sp³-hybridized carbons (Fsp3) is 0.188. The number of rotatable bonds is 11. The molecule has 0 saturated heterocycles. The van der Waals surface area contributed by atoms with E-state index in [-0.39, 0.29) is 33.5 Å². The van der Waals surface area contributed by atoms with Gasteiger partial charge in [-0.3, -0.25) is 13.9 Å². The number of alkyl halides is 3. The fourth-order valence-corrected chi connectivity index (χ4v) is 6.88. The molecule has 0 fully saturated rings. The van der Waals surface area contributed by atoms with Gasteiger partial charge in [0, 0.05) is 35.6 Å². The molecule has 1 N–H and O–H groups in total. The summed E-state index contributed by atoms with van der Waals surface area (Å²) in [4.78, 5) is 28.5. The van der Waals surface area contributed by atoms with Crippen LogP contribution in [0.5, 0.6) is 0 Å². The van der Waals surface area contributed by atoms with Crippen LogP contribution in [-0.2, 0) is 38.8 Å². The van der Waals surface area contributed by atoms with Crippen molar-refractivity contribution in [2.75, 3.05) is 17.9 Å². The second-order valence-electron chi connectivity index (χ2n) is 10.0.